The molecule has 0 aliphatic heterocycles. The first-order chi connectivity index (χ1) is 7.83. The van der Waals surface area contributed by atoms with Gasteiger partial charge >= 0.3 is 0 Å². The highest BCUT2D eigenvalue weighted by molar-refractivity contribution is 7.10. The molecule has 86 valence electrons. The molecular weight excluding hydrogens is 222 g/mol. The zero-order valence-electron chi connectivity index (χ0n) is 9.42. The lowest BCUT2D eigenvalue weighted by atomic mass is 10.3. The average Bonchev–Trinajstić information content (AvgIpc) is 2.96. The SMILES string of the molecule is CCNCc1nnnn1C(C)c1cccs1. The van der Waals surface area contributed by atoms with Gasteiger partial charge in [0.2, 0.25) is 0 Å². The molecule has 0 amide bonds. The molecule has 1 N–H and O–H groups in total. The largest absolute Gasteiger partial charge is 0.310 e. The first-order valence-corrected chi connectivity index (χ1v) is 6.21. The molecule has 0 radical (unpaired) electrons. The fraction of sp³-hybridized carbons (Fsp3) is 0.500. The van der Waals surface area contributed by atoms with Gasteiger partial charge in [-0.2, -0.15) is 0 Å². The van der Waals surface area contributed by atoms with Crippen molar-refractivity contribution >= 4 is 11.3 Å². The molecule has 2 aromatic heterocycles. The van der Waals surface area contributed by atoms with Gasteiger partial charge in [-0.05, 0) is 35.3 Å². The molecule has 0 bridgehead atoms. The summed E-state index contributed by atoms with van der Waals surface area (Å²) in [5.41, 5.74) is 0. The van der Waals surface area contributed by atoms with E-state index in [1.807, 2.05) is 10.7 Å². The third-order valence-corrected chi connectivity index (χ3v) is 3.46. The molecule has 2 aromatic rings. The van der Waals surface area contributed by atoms with Crippen molar-refractivity contribution < 1.29 is 0 Å². The fourth-order valence-electron chi connectivity index (χ4n) is 1.52. The van der Waals surface area contributed by atoms with E-state index in [1.165, 1.54) is 4.88 Å². The zero-order valence-corrected chi connectivity index (χ0v) is 10.2. The van der Waals surface area contributed by atoms with Crippen molar-refractivity contribution in [3.63, 3.8) is 0 Å². The first kappa shape index (κ1) is 11.2. The monoisotopic (exact) mass is 237 g/mol. The first-order valence-electron chi connectivity index (χ1n) is 5.33. The Morgan fingerprint density at radius 3 is 3.12 bits per heavy atom. The Balaban J connectivity index is 2.17. The Morgan fingerprint density at radius 2 is 2.44 bits per heavy atom. The second-order valence-corrected chi connectivity index (χ2v) is 4.49. The standard InChI is InChI=1S/C10H15N5S/c1-3-11-7-10-12-13-14-15(10)8(2)9-5-4-6-16-9/h4-6,8,11H,3,7H2,1-2H3. The van der Waals surface area contributed by atoms with E-state index < -0.39 is 0 Å². The number of thiophene rings is 1. The van der Waals surface area contributed by atoms with Crippen LogP contribution in [0.5, 0.6) is 0 Å². The summed E-state index contributed by atoms with van der Waals surface area (Å²) in [5.74, 6) is 0.878. The fourth-order valence-corrected chi connectivity index (χ4v) is 2.28. The van der Waals surface area contributed by atoms with E-state index in [-0.39, 0.29) is 6.04 Å². The minimum absolute atomic E-state index is 0.198. The Kier molecular flexibility index (Phi) is 3.63. The van der Waals surface area contributed by atoms with Gasteiger partial charge in [-0.1, -0.05) is 13.0 Å². The zero-order chi connectivity index (χ0) is 11.4. The van der Waals surface area contributed by atoms with E-state index in [4.69, 9.17) is 0 Å². The van der Waals surface area contributed by atoms with Gasteiger partial charge < -0.3 is 5.32 Å². The molecule has 0 saturated carbocycles. The lowest BCUT2D eigenvalue weighted by molar-refractivity contribution is 0.514. The number of hydrogen-bond acceptors (Lipinski definition) is 5. The predicted octanol–water partition coefficient (Wildman–Crippen LogP) is 1.45. The van der Waals surface area contributed by atoms with E-state index in [2.05, 4.69) is 46.1 Å². The third-order valence-electron chi connectivity index (χ3n) is 2.42. The maximum atomic E-state index is 4.05. The smallest absolute Gasteiger partial charge is 0.165 e. The molecule has 0 aliphatic rings. The van der Waals surface area contributed by atoms with Crippen molar-refractivity contribution in [3.8, 4) is 0 Å². The van der Waals surface area contributed by atoms with Gasteiger partial charge in [0, 0.05) is 4.88 Å². The van der Waals surface area contributed by atoms with Crippen LogP contribution in [0.1, 0.15) is 30.6 Å². The molecule has 0 fully saturated rings. The quantitative estimate of drug-likeness (QED) is 0.855. The van der Waals surface area contributed by atoms with Crippen LogP contribution in [-0.4, -0.2) is 26.8 Å². The summed E-state index contributed by atoms with van der Waals surface area (Å²) in [7, 11) is 0. The maximum absolute atomic E-state index is 4.05. The molecular formula is C10H15N5S. The average molecular weight is 237 g/mol. The molecule has 0 aliphatic carbocycles. The maximum Gasteiger partial charge on any atom is 0.165 e. The third kappa shape index (κ3) is 2.28. The van der Waals surface area contributed by atoms with E-state index in [0.29, 0.717) is 6.54 Å². The van der Waals surface area contributed by atoms with E-state index >= 15 is 0 Å². The van der Waals surface area contributed by atoms with Crippen molar-refractivity contribution in [2.75, 3.05) is 6.54 Å². The number of hydrogen-bond donors (Lipinski definition) is 1. The minimum Gasteiger partial charge on any atom is -0.310 e. The molecule has 2 rings (SSSR count). The summed E-state index contributed by atoms with van der Waals surface area (Å²) in [5, 5.41) is 17.1. The Bertz CT molecular complexity index is 422. The van der Waals surface area contributed by atoms with Crippen LogP contribution < -0.4 is 5.32 Å². The highest BCUT2D eigenvalue weighted by Gasteiger charge is 2.14. The van der Waals surface area contributed by atoms with E-state index in [9.17, 15) is 0 Å². The van der Waals surface area contributed by atoms with Gasteiger partial charge in [0.05, 0.1) is 12.6 Å². The van der Waals surface area contributed by atoms with Crippen molar-refractivity contribution in [3.05, 3.63) is 28.2 Å². The summed E-state index contributed by atoms with van der Waals surface area (Å²) >= 11 is 1.73. The molecule has 0 aromatic carbocycles. The number of aromatic nitrogens is 4. The van der Waals surface area contributed by atoms with Gasteiger partial charge in [-0.25, -0.2) is 4.68 Å². The van der Waals surface area contributed by atoms with Crippen LogP contribution in [0.2, 0.25) is 0 Å². The number of tetrazole rings is 1. The van der Waals surface area contributed by atoms with Gasteiger partial charge in [0.15, 0.2) is 5.82 Å². The minimum atomic E-state index is 0.198. The van der Waals surface area contributed by atoms with Gasteiger partial charge in [-0.15, -0.1) is 16.4 Å². The van der Waals surface area contributed by atoms with Crippen LogP contribution >= 0.6 is 11.3 Å². The van der Waals surface area contributed by atoms with Crippen molar-refractivity contribution in [1.82, 2.24) is 25.5 Å². The van der Waals surface area contributed by atoms with Crippen LogP contribution in [0.15, 0.2) is 17.5 Å². The Morgan fingerprint density at radius 1 is 1.56 bits per heavy atom. The van der Waals surface area contributed by atoms with Crippen LogP contribution in [0, 0.1) is 0 Å². The number of nitrogens with one attached hydrogen (secondary N) is 1. The van der Waals surface area contributed by atoms with Crippen LogP contribution in [0.3, 0.4) is 0 Å². The second kappa shape index (κ2) is 5.18. The molecule has 2 heterocycles. The van der Waals surface area contributed by atoms with Crippen LogP contribution in [-0.2, 0) is 6.54 Å². The summed E-state index contributed by atoms with van der Waals surface area (Å²) in [6.07, 6.45) is 0. The summed E-state index contributed by atoms with van der Waals surface area (Å²) in [6, 6.07) is 4.35. The highest BCUT2D eigenvalue weighted by atomic mass is 32.1. The summed E-state index contributed by atoms with van der Waals surface area (Å²) in [6.45, 7) is 5.80. The van der Waals surface area contributed by atoms with Crippen LogP contribution in [0.4, 0.5) is 0 Å². The summed E-state index contributed by atoms with van der Waals surface area (Å²) in [4.78, 5) is 1.27. The molecule has 1 atom stereocenters. The summed E-state index contributed by atoms with van der Waals surface area (Å²) < 4.78 is 1.87. The van der Waals surface area contributed by atoms with Gasteiger partial charge in [0.1, 0.15) is 0 Å². The molecule has 1 unspecified atom stereocenters. The van der Waals surface area contributed by atoms with Gasteiger partial charge in [0.25, 0.3) is 0 Å². The van der Waals surface area contributed by atoms with E-state index in [1.54, 1.807) is 11.3 Å². The molecule has 5 nitrogen and oxygen atoms in total. The topological polar surface area (TPSA) is 55.6 Å². The van der Waals surface area contributed by atoms with Crippen molar-refractivity contribution in [1.29, 1.82) is 0 Å². The lowest BCUT2D eigenvalue weighted by Crippen LogP contribution is -2.19. The van der Waals surface area contributed by atoms with Gasteiger partial charge in [-0.3, -0.25) is 0 Å². The van der Waals surface area contributed by atoms with Crippen molar-refractivity contribution in [2.45, 2.75) is 26.4 Å². The van der Waals surface area contributed by atoms with Crippen molar-refractivity contribution in [2.24, 2.45) is 0 Å². The van der Waals surface area contributed by atoms with Crippen LogP contribution in [0.25, 0.3) is 0 Å². The van der Waals surface area contributed by atoms with E-state index in [0.717, 1.165) is 12.4 Å². The molecule has 0 spiro atoms. The normalized spacial score (nSPS) is 12.9. The highest BCUT2D eigenvalue weighted by Crippen LogP contribution is 2.22. The number of nitrogens with zero attached hydrogens (tertiary/aromatic N) is 4. The predicted molar refractivity (Wildman–Crippen MR) is 63.3 cm³/mol. The Hall–Kier alpha value is -1.27. The molecule has 6 heteroatoms. The molecule has 0 saturated heterocycles. The molecule has 16 heavy (non-hydrogen) atoms. The lowest BCUT2D eigenvalue weighted by Gasteiger charge is -2.11. The Labute approximate surface area is 98.5 Å². The second-order valence-electron chi connectivity index (χ2n) is 3.51. The number of rotatable bonds is 5.